The molecular formula is C10H17N3. The number of nitrogens with zero attached hydrogens (tertiary/aromatic N) is 2. The first-order chi connectivity index (χ1) is 6.18. The Kier molecular flexibility index (Phi) is 2.12. The van der Waals surface area contributed by atoms with E-state index in [0.717, 1.165) is 18.8 Å². The van der Waals surface area contributed by atoms with Gasteiger partial charge in [0.1, 0.15) is 5.82 Å². The Hall–Kier alpha value is -0.830. The fourth-order valence-electron chi connectivity index (χ4n) is 1.81. The lowest BCUT2D eigenvalue weighted by atomic mass is 10.1. The number of hydrogen-bond donors (Lipinski definition) is 1. The third-order valence-electron chi connectivity index (χ3n) is 2.66. The first-order valence-electron chi connectivity index (χ1n) is 5.01. The minimum atomic E-state index is 0.154. The van der Waals surface area contributed by atoms with Gasteiger partial charge in [-0.15, -0.1) is 0 Å². The predicted octanol–water partition coefficient (Wildman–Crippen LogP) is 1.80. The largest absolute Gasteiger partial charge is 0.333 e. The molecule has 1 aromatic rings. The highest BCUT2D eigenvalue weighted by atomic mass is 15.1. The maximum Gasteiger partial charge on any atom is 0.125 e. The summed E-state index contributed by atoms with van der Waals surface area (Å²) in [7, 11) is 0. The van der Waals surface area contributed by atoms with Crippen molar-refractivity contribution in [2.45, 2.75) is 45.2 Å². The molecule has 3 nitrogen and oxygen atoms in total. The Labute approximate surface area is 79.0 Å². The average molecular weight is 179 g/mol. The number of aryl methyl sites for hydroxylation is 1. The molecule has 0 fully saturated rings. The normalized spacial score (nSPS) is 22.0. The number of fused-ring (bicyclic) bond motifs is 1. The van der Waals surface area contributed by atoms with Gasteiger partial charge in [0, 0.05) is 12.7 Å². The maximum absolute atomic E-state index is 5.98. The van der Waals surface area contributed by atoms with E-state index in [-0.39, 0.29) is 6.04 Å². The topological polar surface area (TPSA) is 43.8 Å². The second kappa shape index (κ2) is 3.14. The minimum Gasteiger partial charge on any atom is -0.333 e. The van der Waals surface area contributed by atoms with Crippen molar-refractivity contribution < 1.29 is 0 Å². The van der Waals surface area contributed by atoms with Crippen molar-refractivity contribution in [1.29, 1.82) is 0 Å². The first kappa shape index (κ1) is 8.75. The van der Waals surface area contributed by atoms with Crippen LogP contribution in [0.15, 0.2) is 6.20 Å². The molecule has 0 aromatic carbocycles. The van der Waals surface area contributed by atoms with Crippen LogP contribution < -0.4 is 5.73 Å². The zero-order valence-electron chi connectivity index (χ0n) is 8.33. The van der Waals surface area contributed by atoms with E-state index in [2.05, 4.69) is 29.6 Å². The Morgan fingerprint density at radius 1 is 1.62 bits per heavy atom. The monoisotopic (exact) mass is 179 g/mol. The molecule has 0 aliphatic carbocycles. The van der Waals surface area contributed by atoms with Crippen molar-refractivity contribution in [1.82, 2.24) is 9.55 Å². The van der Waals surface area contributed by atoms with Crippen molar-refractivity contribution in [3.05, 3.63) is 17.7 Å². The molecule has 0 bridgehead atoms. The molecule has 1 atom stereocenters. The summed E-state index contributed by atoms with van der Waals surface area (Å²) in [4.78, 5) is 4.57. The molecule has 0 spiro atoms. The summed E-state index contributed by atoms with van der Waals surface area (Å²) in [6, 6.07) is 0.154. The van der Waals surface area contributed by atoms with Gasteiger partial charge in [0.25, 0.3) is 0 Å². The van der Waals surface area contributed by atoms with Crippen LogP contribution in [0.3, 0.4) is 0 Å². The van der Waals surface area contributed by atoms with Gasteiger partial charge in [0.15, 0.2) is 0 Å². The van der Waals surface area contributed by atoms with Gasteiger partial charge in [-0.05, 0) is 18.8 Å². The fraction of sp³-hybridized carbons (Fsp3) is 0.700. The average Bonchev–Trinajstić information content (AvgIpc) is 2.49. The van der Waals surface area contributed by atoms with Crippen LogP contribution in [-0.2, 0) is 6.54 Å². The first-order valence-corrected chi connectivity index (χ1v) is 5.01. The van der Waals surface area contributed by atoms with Crippen LogP contribution in [-0.4, -0.2) is 9.55 Å². The van der Waals surface area contributed by atoms with E-state index >= 15 is 0 Å². The quantitative estimate of drug-likeness (QED) is 0.714. The SMILES string of the molecule is CC(C)c1cn2c(n1)C(N)CCC2. The lowest BCUT2D eigenvalue weighted by Gasteiger charge is -2.19. The van der Waals surface area contributed by atoms with Gasteiger partial charge in [-0.25, -0.2) is 4.98 Å². The maximum atomic E-state index is 5.98. The third kappa shape index (κ3) is 1.48. The summed E-state index contributed by atoms with van der Waals surface area (Å²) >= 11 is 0. The van der Waals surface area contributed by atoms with Crippen molar-refractivity contribution >= 4 is 0 Å². The van der Waals surface area contributed by atoms with Crippen LogP contribution in [0.25, 0.3) is 0 Å². The van der Waals surface area contributed by atoms with Crippen LogP contribution >= 0.6 is 0 Å². The fourth-order valence-corrected chi connectivity index (χ4v) is 1.81. The summed E-state index contributed by atoms with van der Waals surface area (Å²) in [5, 5.41) is 0. The summed E-state index contributed by atoms with van der Waals surface area (Å²) < 4.78 is 2.21. The summed E-state index contributed by atoms with van der Waals surface area (Å²) in [5.74, 6) is 1.58. The number of aromatic nitrogens is 2. The molecule has 2 heterocycles. The number of rotatable bonds is 1. The number of nitrogens with two attached hydrogens (primary N) is 1. The van der Waals surface area contributed by atoms with Crippen molar-refractivity contribution in [2.75, 3.05) is 0 Å². The summed E-state index contributed by atoms with van der Waals surface area (Å²) in [5.41, 5.74) is 7.15. The van der Waals surface area contributed by atoms with Gasteiger partial charge >= 0.3 is 0 Å². The van der Waals surface area contributed by atoms with Crippen molar-refractivity contribution in [3.8, 4) is 0 Å². The molecule has 0 radical (unpaired) electrons. The van der Waals surface area contributed by atoms with E-state index in [4.69, 9.17) is 5.73 Å². The molecule has 72 valence electrons. The molecule has 1 unspecified atom stereocenters. The Morgan fingerprint density at radius 3 is 3.00 bits per heavy atom. The smallest absolute Gasteiger partial charge is 0.125 e. The van der Waals surface area contributed by atoms with E-state index in [0.29, 0.717) is 5.92 Å². The highest BCUT2D eigenvalue weighted by molar-refractivity contribution is 5.12. The van der Waals surface area contributed by atoms with Gasteiger partial charge in [-0.3, -0.25) is 0 Å². The van der Waals surface area contributed by atoms with Crippen molar-refractivity contribution in [3.63, 3.8) is 0 Å². The van der Waals surface area contributed by atoms with Gasteiger partial charge in [-0.1, -0.05) is 13.8 Å². The van der Waals surface area contributed by atoms with E-state index in [9.17, 15) is 0 Å². The second-order valence-corrected chi connectivity index (χ2v) is 4.12. The van der Waals surface area contributed by atoms with Crippen LogP contribution in [0, 0.1) is 0 Å². The highest BCUT2D eigenvalue weighted by Crippen LogP contribution is 2.24. The zero-order chi connectivity index (χ0) is 9.42. The van der Waals surface area contributed by atoms with E-state index < -0.39 is 0 Å². The van der Waals surface area contributed by atoms with Gasteiger partial charge < -0.3 is 10.3 Å². The Balaban J connectivity index is 2.36. The molecule has 0 saturated carbocycles. The molecule has 1 aliphatic heterocycles. The van der Waals surface area contributed by atoms with Crippen LogP contribution in [0.1, 0.15) is 50.2 Å². The zero-order valence-corrected chi connectivity index (χ0v) is 8.33. The molecule has 0 saturated heterocycles. The summed E-state index contributed by atoms with van der Waals surface area (Å²) in [6.07, 6.45) is 4.41. The second-order valence-electron chi connectivity index (χ2n) is 4.12. The third-order valence-corrected chi connectivity index (χ3v) is 2.66. The highest BCUT2D eigenvalue weighted by Gasteiger charge is 2.20. The standard InChI is InChI=1S/C10H17N3/c1-7(2)9-6-13-5-3-4-8(11)10(13)12-9/h6-8H,3-5,11H2,1-2H3. The molecule has 3 heteroatoms. The van der Waals surface area contributed by atoms with E-state index in [1.54, 1.807) is 0 Å². The molecule has 1 aromatic heterocycles. The molecule has 1 aliphatic rings. The number of hydrogen-bond acceptors (Lipinski definition) is 2. The van der Waals surface area contributed by atoms with E-state index in [1.807, 2.05) is 0 Å². The van der Waals surface area contributed by atoms with Gasteiger partial charge in [0.05, 0.1) is 11.7 Å². The van der Waals surface area contributed by atoms with Crippen LogP contribution in [0.2, 0.25) is 0 Å². The van der Waals surface area contributed by atoms with E-state index in [1.165, 1.54) is 12.1 Å². The van der Waals surface area contributed by atoms with Gasteiger partial charge in [0.2, 0.25) is 0 Å². The number of imidazole rings is 1. The minimum absolute atomic E-state index is 0.154. The Bertz CT molecular complexity index is 301. The molecule has 2 rings (SSSR count). The molecule has 2 N–H and O–H groups in total. The lowest BCUT2D eigenvalue weighted by Crippen LogP contribution is -2.21. The van der Waals surface area contributed by atoms with Crippen molar-refractivity contribution in [2.24, 2.45) is 5.73 Å². The van der Waals surface area contributed by atoms with Gasteiger partial charge in [-0.2, -0.15) is 0 Å². The molecule has 0 amide bonds. The van der Waals surface area contributed by atoms with Crippen LogP contribution in [0.4, 0.5) is 0 Å². The molecule has 13 heavy (non-hydrogen) atoms. The van der Waals surface area contributed by atoms with Crippen LogP contribution in [0.5, 0.6) is 0 Å². The predicted molar refractivity (Wildman–Crippen MR) is 52.5 cm³/mol. The lowest BCUT2D eigenvalue weighted by molar-refractivity contribution is 0.451. The molecular weight excluding hydrogens is 162 g/mol. The Morgan fingerprint density at radius 2 is 2.38 bits per heavy atom. The summed E-state index contributed by atoms with van der Waals surface area (Å²) in [6.45, 7) is 5.42.